The van der Waals surface area contributed by atoms with E-state index >= 15 is 0 Å². The van der Waals surface area contributed by atoms with Gasteiger partial charge >= 0.3 is 0 Å². The van der Waals surface area contributed by atoms with E-state index < -0.39 is 0 Å². The quantitative estimate of drug-likeness (QED) is 0.890. The van der Waals surface area contributed by atoms with Crippen LogP contribution in [0.4, 0.5) is 11.4 Å². The molecule has 0 aliphatic carbocycles. The normalized spacial score (nSPS) is 19.8. The van der Waals surface area contributed by atoms with Crippen LogP contribution in [-0.2, 0) is 9.59 Å². The first-order chi connectivity index (χ1) is 10.3. The van der Waals surface area contributed by atoms with Crippen LogP contribution in [0.25, 0.3) is 0 Å². The van der Waals surface area contributed by atoms with E-state index in [0.717, 1.165) is 50.3 Å². The van der Waals surface area contributed by atoms with Crippen LogP contribution in [-0.4, -0.2) is 31.4 Å². The number of benzene rings is 1. The van der Waals surface area contributed by atoms with Gasteiger partial charge < -0.3 is 15.5 Å². The minimum atomic E-state index is 0.0635. The third-order valence-electron chi connectivity index (χ3n) is 4.24. The van der Waals surface area contributed by atoms with Crippen molar-refractivity contribution in [2.75, 3.05) is 29.9 Å². The highest BCUT2D eigenvalue weighted by molar-refractivity contribution is 6.02. The molecule has 2 aliphatic heterocycles. The van der Waals surface area contributed by atoms with Gasteiger partial charge in [0.15, 0.2) is 0 Å². The first-order valence-corrected chi connectivity index (χ1v) is 7.66. The van der Waals surface area contributed by atoms with Crippen LogP contribution >= 0.6 is 0 Å². The Kier molecular flexibility index (Phi) is 4.20. The lowest BCUT2D eigenvalue weighted by Gasteiger charge is -2.24. The Morgan fingerprint density at radius 1 is 1.24 bits per heavy atom. The Bertz CT molecular complexity index is 538. The second-order valence-corrected chi connectivity index (χ2v) is 5.68. The van der Waals surface area contributed by atoms with Gasteiger partial charge in [0.1, 0.15) is 0 Å². The number of anilines is 2. The SMILES string of the molecule is O=C(Nc1ccccc1N1CCCC1=O)C1CCNCC1. The van der Waals surface area contributed by atoms with E-state index in [2.05, 4.69) is 10.6 Å². The molecule has 0 saturated carbocycles. The maximum atomic E-state index is 12.4. The van der Waals surface area contributed by atoms with Gasteiger partial charge in [-0.1, -0.05) is 12.1 Å². The molecular formula is C16H21N3O2. The molecule has 0 unspecified atom stereocenters. The van der Waals surface area contributed by atoms with Crippen molar-refractivity contribution < 1.29 is 9.59 Å². The van der Waals surface area contributed by atoms with Gasteiger partial charge in [-0.15, -0.1) is 0 Å². The monoisotopic (exact) mass is 287 g/mol. The highest BCUT2D eigenvalue weighted by atomic mass is 16.2. The molecule has 2 aliphatic rings. The summed E-state index contributed by atoms with van der Waals surface area (Å²) in [5.74, 6) is 0.266. The summed E-state index contributed by atoms with van der Waals surface area (Å²) in [4.78, 5) is 26.1. The van der Waals surface area contributed by atoms with Gasteiger partial charge in [-0.05, 0) is 44.5 Å². The predicted octanol–water partition coefficient (Wildman–Crippen LogP) is 1.75. The Labute approximate surface area is 124 Å². The van der Waals surface area contributed by atoms with Gasteiger partial charge in [-0.2, -0.15) is 0 Å². The summed E-state index contributed by atoms with van der Waals surface area (Å²) in [5.41, 5.74) is 1.57. The second kappa shape index (κ2) is 6.26. The van der Waals surface area contributed by atoms with Crippen molar-refractivity contribution in [3.63, 3.8) is 0 Å². The average molecular weight is 287 g/mol. The molecule has 1 aromatic carbocycles. The molecule has 2 fully saturated rings. The lowest BCUT2D eigenvalue weighted by atomic mass is 9.97. The fraction of sp³-hybridized carbons (Fsp3) is 0.500. The van der Waals surface area contributed by atoms with E-state index in [9.17, 15) is 9.59 Å². The summed E-state index contributed by atoms with van der Waals surface area (Å²) in [6.07, 6.45) is 3.22. The number of piperidine rings is 1. The smallest absolute Gasteiger partial charge is 0.227 e. The number of para-hydroxylation sites is 2. The van der Waals surface area contributed by atoms with E-state index in [1.807, 2.05) is 24.3 Å². The number of rotatable bonds is 3. The molecule has 2 amide bonds. The number of nitrogens with zero attached hydrogens (tertiary/aromatic N) is 1. The van der Waals surface area contributed by atoms with Crippen molar-refractivity contribution in [1.82, 2.24) is 5.32 Å². The van der Waals surface area contributed by atoms with Crippen LogP contribution in [0, 0.1) is 5.92 Å². The largest absolute Gasteiger partial charge is 0.324 e. The minimum absolute atomic E-state index is 0.0635. The molecular weight excluding hydrogens is 266 g/mol. The van der Waals surface area contributed by atoms with Crippen molar-refractivity contribution >= 4 is 23.2 Å². The van der Waals surface area contributed by atoms with Crippen LogP contribution in [0.1, 0.15) is 25.7 Å². The minimum Gasteiger partial charge on any atom is -0.324 e. The van der Waals surface area contributed by atoms with Gasteiger partial charge in [0.2, 0.25) is 11.8 Å². The van der Waals surface area contributed by atoms with Gasteiger partial charge in [-0.3, -0.25) is 9.59 Å². The summed E-state index contributed by atoms with van der Waals surface area (Å²) < 4.78 is 0. The maximum Gasteiger partial charge on any atom is 0.227 e. The standard InChI is InChI=1S/C16H21N3O2/c20-15-6-3-11-19(15)14-5-2-1-4-13(14)18-16(21)12-7-9-17-10-8-12/h1-2,4-5,12,17H,3,6-11H2,(H,18,21). The van der Waals surface area contributed by atoms with Gasteiger partial charge in [0, 0.05) is 18.9 Å². The van der Waals surface area contributed by atoms with Crippen molar-refractivity contribution in [3.8, 4) is 0 Å². The molecule has 3 rings (SSSR count). The Morgan fingerprint density at radius 3 is 2.71 bits per heavy atom. The number of hydrogen-bond donors (Lipinski definition) is 2. The number of hydrogen-bond acceptors (Lipinski definition) is 3. The summed E-state index contributed by atoms with van der Waals surface area (Å²) in [6, 6.07) is 7.57. The number of amides is 2. The second-order valence-electron chi connectivity index (χ2n) is 5.68. The third kappa shape index (κ3) is 3.08. The van der Waals surface area contributed by atoms with Crippen LogP contribution < -0.4 is 15.5 Å². The zero-order chi connectivity index (χ0) is 14.7. The third-order valence-corrected chi connectivity index (χ3v) is 4.24. The maximum absolute atomic E-state index is 12.4. The van der Waals surface area contributed by atoms with Crippen LogP contribution in [0.5, 0.6) is 0 Å². The Morgan fingerprint density at radius 2 is 2.00 bits per heavy atom. The van der Waals surface area contributed by atoms with Gasteiger partial charge in [-0.25, -0.2) is 0 Å². The highest BCUT2D eigenvalue weighted by Crippen LogP contribution is 2.30. The fourth-order valence-corrected chi connectivity index (χ4v) is 3.04. The van der Waals surface area contributed by atoms with E-state index in [4.69, 9.17) is 0 Å². The molecule has 5 heteroatoms. The van der Waals surface area contributed by atoms with Crippen molar-refractivity contribution in [2.24, 2.45) is 5.92 Å². The summed E-state index contributed by atoms with van der Waals surface area (Å²) in [6.45, 7) is 2.52. The topological polar surface area (TPSA) is 61.4 Å². The van der Waals surface area contributed by atoms with Crippen LogP contribution in [0.3, 0.4) is 0 Å². The summed E-state index contributed by atoms with van der Waals surface area (Å²) in [5, 5.41) is 6.28. The van der Waals surface area contributed by atoms with Crippen LogP contribution in [0.2, 0.25) is 0 Å². The number of nitrogens with one attached hydrogen (secondary N) is 2. The Hall–Kier alpha value is -1.88. The fourth-order valence-electron chi connectivity index (χ4n) is 3.04. The first kappa shape index (κ1) is 14.1. The molecule has 0 radical (unpaired) electrons. The van der Waals surface area contributed by atoms with E-state index in [0.29, 0.717) is 6.42 Å². The lowest BCUT2D eigenvalue weighted by molar-refractivity contribution is -0.120. The first-order valence-electron chi connectivity index (χ1n) is 7.66. The van der Waals surface area contributed by atoms with Gasteiger partial charge in [0.25, 0.3) is 0 Å². The molecule has 5 nitrogen and oxygen atoms in total. The van der Waals surface area contributed by atoms with Crippen molar-refractivity contribution in [3.05, 3.63) is 24.3 Å². The lowest BCUT2D eigenvalue weighted by Crippen LogP contribution is -2.35. The van der Waals surface area contributed by atoms with Gasteiger partial charge in [0.05, 0.1) is 11.4 Å². The molecule has 112 valence electrons. The molecule has 2 saturated heterocycles. The highest BCUT2D eigenvalue weighted by Gasteiger charge is 2.26. The number of carbonyl (C=O) groups is 2. The molecule has 21 heavy (non-hydrogen) atoms. The molecule has 0 atom stereocenters. The summed E-state index contributed by atoms with van der Waals surface area (Å²) >= 11 is 0. The van der Waals surface area contributed by atoms with Crippen LogP contribution in [0.15, 0.2) is 24.3 Å². The average Bonchev–Trinajstić information content (AvgIpc) is 2.95. The van der Waals surface area contributed by atoms with Crippen molar-refractivity contribution in [2.45, 2.75) is 25.7 Å². The summed E-state index contributed by atoms with van der Waals surface area (Å²) in [7, 11) is 0. The predicted molar refractivity (Wildman–Crippen MR) is 82.3 cm³/mol. The molecule has 0 bridgehead atoms. The molecule has 2 N–H and O–H groups in total. The van der Waals surface area contributed by atoms with E-state index in [1.165, 1.54) is 0 Å². The molecule has 0 spiro atoms. The molecule has 1 aromatic rings. The zero-order valence-corrected chi connectivity index (χ0v) is 12.1. The zero-order valence-electron chi connectivity index (χ0n) is 12.1. The molecule has 0 aromatic heterocycles. The number of carbonyl (C=O) groups excluding carboxylic acids is 2. The molecule has 2 heterocycles. The Balaban J connectivity index is 1.75. The van der Waals surface area contributed by atoms with E-state index in [1.54, 1.807) is 4.90 Å². The van der Waals surface area contributed by atoms with E-state index in [-0.39, 0.29) is 17.7 Å². The van der Waals surface area contributed by atoms with Crippen molar-refractivity contribution in [1.29, 1.82) is 0 Å².